The van der Waals surface area contributed by atoms with Crippen molar-refractivity contribution < 1.29 is 14.3 Å². The quantitative estimate of drug-likeness (QED) is 0.473. The maximum absolute atomic E-state index is 12.3. The van der Waals surface area contributed by atoms with Crippen LogP contribution in [0.1, 0.15) is 18.4 Å². The Labute approximate surface area is 178 Å². The number of aromatic nitrogens is 2. The average molecular weight is 432 g/mol. The van der Waals surface area contributed by atoms with E-state index in [4.69, 9.17) is 32.7 Å². The largest absolute Gasteiger partial charge is 0.492 e. The summed E-state index contributed by atoms with van der Waals surface area (Å²) in [5.74, 6) is 1.19. The van der Waals surface area contributed by atoms with Gasteiger partial charge in [-0.25, -0.2) is 4.98 Å². The number of rotatable bonds is 9. The number of halogens is 2. The maximum atomic E-state index is 12.3. The van der Waals surface area contributed by atoms with E-state index in [1.54, 1.807) is 48.9 Å². The molecule has 2 aromatic heterocycles. The van der Waals surface area contributed by atoms with Crippen molar-refractivity contribution in [3.05, 3.63) is 76.7 Å². The van der Waals surface area contributed by atoms with E-state index < -0.39 is 0 Å². The molecule has 0 aliphatic carbocycles. The summed E-state index contributed by atoms with van der Waals surface area (Å²) in [6.45, 7) is 0.687. The van der Waals surface area contributed by atoms with Crippen molar-refractivity contribution in [2.24, 2.45) is 0 Å². The minimum Gasteiger partial charge on any atom is -0.492 e. The van der Waals surface area contributed by atoms with Crippen LogP contribution >= 0.6 is 23.2 Å². The number of nitrogens with one attached hydrogen (secondary N) is 1. The molecule has 0 saturated heterocycles. The third kappa shape index (κ3) is 6.34. The highest BCUT2D eigenvalue weighted by Gasteiger charge is 2.10. The molecule has 0 fully saturated rings. The van der Waals surface area contributed by atoms with Crippen molar-refractivity contribution in [3.8, 4) is 11.5 Å². The lowest BCUT2D eigenvalue weighted by molar-refractivity contribution is -0.116. The predicted octanol–water partition coefficient (Wildman–Crippen LogP) is 5.16. The van der Waals surface area contributed by atoms with Gasteiger partial charge in [-0.2, -0.15) is 0 Å². The first-order valence-corrected chi connectivity index (χ1v) is 9.72. The van der Waals surface area contributed by atoms with Crippen LogP contribution in [0.5, 0.6) is 11.5 Å². The number of carbonyl (C=O) groups excluding carboxylic acids is 1. The summed E-state index contributed by atoms with van der Waals surface area (Å²) >= 11 is 12.0. The summed E-state index contributed by atoms with van der Waals surface area (Å²) in [5.41, 5.74) is 0.970. The molecule has 0 aliphatic rings. The van der Waals surface area contributed by atoms with E-state index >= 15 is 0 Å². The van der Waals surface area contributed by atoms with E-state index in [1.165, 1.54) is 0 Å². The molecule has 0 spiro atoms. The summed E-state index contributed by atoms with van der Waals surface area (Å²) in [6, 6.07) is 12.4. The van der Waals surface area contributed by atoms with Crippen molar-refractivity contribution in [2.45, 2.75) is 19.4 Å². The van der Waals surface area contributed by atoms with Crippen molar-refractivity contribution in [1.29, 1.82) is 0 Å². The van der Waals surface area contributed by atoms with Gasteiger partial charge in [0.15, 0.2) is 11.6 Å². The second-order valence-corrected chi connectivity index (χ2v) is 6.83. The van der Waals surface area contributed by atoms with E-state index in [9.17, 15) is 4.79 Å². The van der Waals surface area contributed by atoms with Crippen LogP contribution < -0.4 is 14.8 Å². The van der Waals surface area contributed by atoms with E-state index in [2.05, 4.69) is 15.3 Å². The van der Waals surface area contributed by atoms with Gasteiger partial charge in [0.25, 0.3) is 0 Å². The van der Waals surface area contributed by atoms with Gasteiger partial charge in [-0.15, -0.1) is 0 Å². The van der Waals surface area contributed by atoms with Gasteiger partial charge >= 0.3 is 0 Å². The van der Waals surface area contributed by atoms with Crippen molar-refractivity contribution >= 4 is 34.9 Å². The molecule has 8 heteroatoms. The van der Waals surface area contributed by atoms with Crippen molar-refractivity contribution in [2.75, 3.05) is 11.9 Å². The molecule has 3 aromatic rings. The topological polar surface area (TPSA) is 73.3 Å². The van der Waals surface area contributed by atoms with Gasteiger partial charge in [0.1, 0.15) is 17.4 Å². The first-order valence-electron chi connectivity index (χ1n) is 8.97. The van der Waals surface area contributed by atoms with Gasteiger partial charge < -0.3 is 14.8 Å². The van der Waals surface area contributed by atoms with Gasteiger partial charge in [0.05, 0.1) is 11.6 Å². The molecule has 0 atom stereocenters. The fourth-order valence-electron chi connectivity index (χ4n) is 2.45. The summed E-state index contributed by atoms with van der Waals surface area (Å²) in [6.07, 6.45) is 5.76. The maximum Gasteiger partial charge on any atom is 0.225 e. The molecule has 6 nitrogen and oxygen atoms in total. The molecule has 1 amide bonds. The number of nitrogens with zero attached hydrogens (tertiary/aromatic N) is 2. The highest BCUT2D eigenvalue weighted by Crippen LogP contribution is 2.31. The monoisotopic (exact) mass is 431 g/mol. The van der Waals surface area contributed by atoms with Gasteiger partial charge in [-0.05, 0) is 48.4 Å². The Hall–Kier alpha value is -2.83. The molecule has 1 N–H and O–H groups in total. The molecule has 2 heterocycles. The lowest BCUT2D eigenvalue weighted by atomic mass is 10.3. The zero-order valence-electron chi connectivity index (χ0n) is 15.5. The van der Waals surface area contributed by atoms with Crippen LogP contribution in [0.4, 0.5) is 5.82 Å². The van der Waals surface area contributed by atoms with Crippen LogP contribution in [0, 0.1) is 0 Å². The van der Waals surface area contributed by atoms with Crippen molar-refractivity contribution in [1.82, 2.24) is 9.97 Å². The first-order chi connectivity index (χ1) is 14.1. The number of pyridine rings is 2. The van der Waals surface area contributed by atoms with Crippen LogP contribution in [0.2, 0.25) is 10.0 Å². The fourth-order valence-corrected chi connectivity index (χ4v) is 2.79. The highest BCUT2D eigenvalue weighted by molar-refractivity contribution is 6.42. The molecular weight excluding hydrogens is 413 g/mol. The number of carbonyl (C=O) groups is 1. The highest BCUT2D eigenvalue weighted by atomic mass is 35.5. The number of hydrogen-bond acceptors (Lipinski definition) is 5. The van der Waals surface area contributed by atoms with Gasteiger partial charge in [-0.1, -0.05) is 29.3 Å². The van der Waals surface area contributed by atoms with Gasteiger partial charge in [0, 0.05) is 25.0 Å². The second-order valence-electron chi connectivity index (χ2n) is 6.05. The van der Waals surface area contributed by atoms with Crippen LogP contribution in [-0.4, -0.2) is 22.5 Å². The number of anilines is 1. The Bertz CT molecular complexity index is 955. The Morgan fingerprint density at radius 2 is 1.76 bits per heavy atom. The third-order valence-corrected chi connectivity index (χ3v) is 4.70. The Morgan fingerprint density at radius 1 is 0.966 bits per heavy atom. The molecule has 0 bridgehead atoms. The normalized spacial score (nSPS) is 10.4. The lowest BCUT2D eigenvalue weighted by Crippen LogP contribution is -2.14. The molecule has 29 heavy (non-hydrogen) atoms. The fraction of sp³-hybridized carbons (Fsp3) is 0.190. The Balaban J connectivity index is 1.47. The minimum atomic E-state index is -0.182. The van der Waals surface area contributed by atoms with E-state index in [-0.39, 0.29) is 12.3 Å². The van der Waals surface area contributed by atoms with E-state index in [0.717, 1.165) is 5.56 Å². The van der Waals surface area contributed by atoms with Crippen LogP contribution in [0.15, 0.2) is 61.1 Å². The molecule has 0 saturated carbocycles. The SMILES string of the molecule is O=C(CCCOc1cccc(Cl)c1Cl)Nc1ncccc1OCc1ccncc1. The lowest BCUT2D eigenvalue weighted by Gasteiger charge is -2.12. The number of ether oxygens (including phenoxy) is 2. The minimum absolute atomic E-state index is 0.182. The van der Waals surface area contributed by atoms with E-state index in [0.29, 0.717) is 47.0 Å². The standard InChI is InChI=1S/C21H19Cl2N3O3/c22-16-4-1-5-17(20(16)23)28-13-3-7-19(27)26-21-18(6-2-10-25-21)29-14-15-8-11-24-12-9-15/h1-2,4-6,8-12H,3,7,13-14H2,(H,25,26,27). The Kier molecular flexibility index (Phi) is 7.67. The summed E-state index contributed by atoms with van der Waals surface area (Å²) in [4.78, 5) is 20.4. The molecular formula is C21H19Cl2N3O3. The zero-order chi connectivity index (χ0) is 20.5. The number of benzene rings is 1. The predicted molar refractivity (Wildman–Crippen MR) is 113 cm³/mol. The van der Waals surface area contributed by atoms with Crippen LogP contribution in [0.25, 0.3) is 0 Å². The molecule has 0 unspecified atom stereocenters. The molecule has 3 rings (SSSR count). The summed E-state index contributed by atoms with van der Waals surface area (Å²) in [5, 5.41) is 3.57. The van der Waals surface area contributed by atoms with Crippen LogP contribution in [-0.2, 0) is 11.4 Å². The number of amides is 1. The second kappa shape index (κ2) is 10.6. The zero-order valence-corrected chi connectivity index (χ0v) is 17.0. The molecule has 150 valence electrons. The molecule has 0 radical (unpaired) electrons. The van der Waals surface area contributed by atoms with Gasteiger partial charge in [0.2, 0.25) is 5.91 Å². The Morgan fingerprint density at radius 3 is 2.59 bits per heavy atom. The average Bonchev–Trinajstić information content (AvgIpc) is 2.74. The van der Waals surface area contributed by atoms with Crippen LogP contribution in [0.3, 0.4) is 0 Å². The molecule has 1 aromatic carbocycles. The van der Waals surface area contributed by atoms with Crippen molar-refractivity contribution in [3.63, 3.8) is 0 Å². The summed E-state index contributed by atoms with van der Waals surface area (Å²) < 4.78 is 11.4. The number of hydrogen-bond donors (Lipinski definition) is 1. The first kappa shape index (κ1) is 20.9. The van der Waals surface area contributed by atoms with E-state index in [1.807, 2.05) is 12.1 Å². The smallest absolute Gasteiger partial charge is 0.225 e. The molecule has 0 aliphatic heterocycles. The van der Waals surface area contributed by atoms with Gasteiger partial charge in [-0.3, -0.25) is 9.78 Å². The third-order valence-electron chi connectivity index (χ3n) is 3.89. The summed E-state index contributed by atoms with van der Waals surface area (Å²) in [7, 11) is 0.